The Morgan fingerprint density at radius 3 is 2.94 bits per heavy atom. The maximum Gasteiger partial charge on any atom is 0.257 e. The molecule has 4 heterocycles. The molecule has 0 N–H and O–H groups in total. The van der Waals surface area contributed by atoms with Crippen molar-refractivity contribution in [3.05, 3.63) is 71.7 Å². The second-order valence-corrected chi connectivity index (χ2v) is 8.76. The van der Waals surface area contributed by atoms with E-state index < -0.39 is 0 Å². The van der Waals surface area contributed by atoms with Gasteiger partial charge in [0.05, 0.1) is 18.1 Å². The molecule has 2 aliphatic rings. The molecule has 2 aliphatic heterocycles. The number of aromatic nitrogens is 1. The van der Waals surface area contributed by atoms with Crippen LogP contribution in [0.4, 0.5) is 0 Å². The van der Waals surface area contributed by atoms with E-state index in [9.17, 15) is 4.79 Å². The third-order valence-corrected chi connectivity index (χ3v) is 6.41. The molecule has 1 atom stereocenters. The van der Waals surface area contributed by atoms with Crippen molar-refractivity contribution in [1.82, 2.24) is 9.99 Å². The first kappa shape index (κ1) is 19.9. The van der Waals surface area contributed by atoms with Crippen LogP contribution in [0.5, 0.6) is 11.5 Å². The van der Waals surface area contributed by atoms with Crippen LogP contribution in [0, 0.1) is 6.92 Å². The SMILES string of the molecule is Cc1ccc2oc(SCC(=O)N3N=C(c4ccco4)CC3c3ccc4c(c3)OCO4)nc2c1. The molecule has 166 valence electrons. The summed E-state index contributed by atoms with van der Waals surface area (Å²) in [6, 6.07) is 14.9. The lowest BCUT2D eigenvalue weighted by Gasteiger charge is -2.22. The maximum atomic E-state index is 13.3. The monoisotopic (exact) mass is 461 g/mol. The van der Waals surface area contributed by atoms with Crippen molar-refractivity contribution in [2.24, 2.45) is 5.10 Å². The molecule has 0 bridgehead atoms. The Hall–Kier alpha value is -3.72. The molecular weight excluding hydrogens is 442 g/mol. The highest BCUT2D eigenvalue weighted by atomic mass is 32.2. The number of furan rings is 1. The average molecular weight is 461 g/mol. The van der Waals surface area contributed by atoms with Crippen LogP contribution in [0.1, 0.15) is 29.3 Å². The zero-order chi connectivity index (χ0) is 22.4. The molecule has 0 radical (unpaired) electrons. The molecule has 8 nitrogen and oxygen atoms in total. The number of nitrogens with zero attached hydrogens (tertiary/aromatic N) is 3. The number of fused-ring (bicyclic) bond motifs is 2. The Kier molecular flexibility index (Phi) is 4.83. The van der Waals surface area contributed by atoms with Gasteiger partial charge in [-0.2, -0.15) is 5.10 Å². The Bertz CT molecular complexity index is 1380. The molecule has 0 aliphatic carbocycles. The van der Waals surface area contributed by atoms with Gasteiger partial charge in [-0.15, -0.1) is 0 Å². The molecule has 1 unspecified atom stereocenters. The molecule has 33 heavy (non-hydrogen) atoms. The van der Waals surface area contributed by atoms with E-state index in [4.69, 9.17) is 18.3 Å². The molecule has 6 rings (SSSR count). The van der Waals surface area contributed by atoms with Gasteiger partial charge in [0.25, 0.3) is 11.1 Å². The van der Waals surface area contributed by atoms with Crippen molar-refractivity contribution in [2.45, 2.75) is 24.6 Å². The van der Waals surface area contributed by atoms with Crippen LogP contribution in [-0.2, 0) is 4.79 Å². The number of carbonyl (C=O) groups is 1. The second-order valence-electron chi connectivity index (χ2n) is 7.83. The topological polar surface area (TPSA) is 90.3 Å². The summed E-state index contributed by atoms with van der Waals surface area (Å²) < 4.78 is 22.3. The quantitative estimate of drug-likeness (QED) is 0.389. The standard InChI is InChI=1S/C24H19N3O5S/c1-14-4-6-20-16(9-14)25-24(32-20)33-12-23(28)27-18(11-17(26-27)19-3-2-8-29-19)15-5-7-21-22(10-15)31-13-30-21/h2-10,18H,11-13H2,1H3. The molecule has 4 aromatic rings. The van der Waals surface area contributed by atoms with Crippen LogP contribution >= 0.6 is 11.8 Å². The smallest absolute Gasteiger partial charge is 0.257 e. The predicted molar refractivity (Wildman–Crippen MR) is 121 cm³/mol. The Balaban J connectivity index is 1.25. The molecule has 9 heteroatoms. The zero-order valence-electron chi connectivity index (χ0n) is 17.7. The number of oxazole rings is 1. The Morgan fingerprint density at radius 2 is 2.06 bits per heavy atom. The lowest BCUT2D eigenvalue weighted by molar-refractivity contribution is -0.130. The molecule has 0 spiro atoms. The van der Waals surface area contributed by atoms with Gasteiger partial charge in [-0.25, -0.2) is 9.99 Å². The van der Waals surface area contributed by atoms with Crippen molar-refractivity contribution in [3.8, 4) is 11.5 Å². The number of carbonyl (C=O) groups excluding carboxylic acids is 1. The number of amides is 1. The summed E-state index contributed by atoms with van der Waals surface area (Å²) in [4.78, 5) is 17.8. The number of aryl methyl sites for hydroxylation is 1. The summed E-state index contributed by atoms with van der Waals surface area (Å²) in [5.74, 6) is 2.01. The van der Waals surface area contributed by atoms with Gasteiger partial charge in [0.2, 0.25) is 6.79 Å². The lowest BCUT2D eigenvalue weighted by atomic mass is 10.0. The maximum absolute atomic E-state index is 13.3. The van der Waals surface area contributed by atoms with Crippen LogP contribution in [0.2, 0.25) is 0 Å². The van der Waals surface area contributed by atoms with Gasteiger partial charge in [-0.05, 0) is 54.4 Å². The van der Waals surface area contributed by atoms with Crippen LogP contribution in [0.25, 0.3) is 11.1 Å². The minimum absolute atomic E-state index is 0.141. The number of rotatable bonds is 5. The second kappa shape index (κ2) is 8.00. The normalized spacial score (nSPS) is 17.1. The predicted octanol–water partition coefficient (Wildman–Crippen LogP) is 4.93. The number of thioether (sulfide) groups is 1. The van der Waals surface area contributed by atoms with Crippen LogP contribution in [0.15, 0.2) is 74.0 Å². The highest BCUT2D eigenvalue weighted by Crippen LogP contribution is 2.39. The van der Waals surface area contributed by atoms with Crippen molar-refractivity contribution < 1.29 is 23.1 Å². The van der Waals surface area contributed by atoms with E-state index in [0.717, 1.165) is 22.4 Å². The van der Waals surface area contributed by atoms with Gasteiger partial charge >= 0.3 is 0 Å². The summed E-state index contributed by atoms with van der Waals surface area (Å²) in [6.07, 6.45) is 2.13. The minimum Gasteiger partial charge on any atom is -0.463 e. The third-order valence-electron chi connectivity index (χ3n) is 5.60. The average Bonchev–Trinajstić information content (AvgIpc) is 3.61. The zero-order valence-corrected chi connectivity index (χ0v) is 18.5. The van der Waals surface area contributed by atoms with Gasteiger partial charge in [-0.3, -0.25) is 4.79 Å². The fraction of sp³-hybridized carbons (Fsp3) is 0.208. The number of benzene rings is 2. The largest absolute Gasteiger partial charge is 0.463 e. The van der Waals surface area contributed by atoms with Gasteiger partial charge in [0.15, 0.2) is 17.1 Å². The lowest BCUT2D eigenvalue weighted by Crippen LogP contribution is -2.28. The van der Waals surface area contributed by atoms with E-state index in [0.29, 0.717) is 34.5 Å². The van der Waals surface area contributed by atoms with E-state index in [2.05, 4.69) is 10.1 Å². The molecule has 0 fully saturated rings. The fourth-order valence-electron chi connectivity index (χ4n) is 3.98. The van der Waals surface area contributed by atoms with Gasteiger partial charge in [0.1, 0.15) is 17.0 Å². The first-order chi connectivity index (χ1) is 16.1. The van der Waals surface area contributed by atoms with Crippen LogP contribution in [-0.4, -0.2) is 34.2 Å². The summed E-state index contributed by atoms with van der Waals surface area (Å²) in [7, 11) is 0. The first-order valence-corrected chi connectivity index (χ1v) is 11.5. The molecule has 2 aromatic heterocycles. The minimum atomic E-state index is -0.279. The third kappa shape index (κ3) is 3.74. The highest BCUT2D eigenvalue weighted by Gasteiger charge is 2.35. The van der Waals surface area contributed by atoms with E-state index in [1.807, 2.05) is 55.5 Å². The fourth-order valence-corrected chi connectivity index (χ4v) is 4.67. The molecule has 2 aromatic carbocycles. The Morgan fingerprint density at radius 1 is 1.15 bits per heavy atom. The summed E-state index contributed by atoms with van der Waals surface area (Å²) in [6.45, 7) is 2.20. The molecule has 0 saturated carbocycles. The van der Waals surface area contributed by atoms with Gasteiger partial charge in [0, 0.05) is 6.42 Å². The molecule has 1 amide bonds. The van der Waals surface area contributed by atoms with Crippen molar-refractivity contribution >= 4 is 34.5 Å². The number of ether oxygens (including phenoxy) is 2. The number of hydrogen-bond donors (Lipinski definition) is 0. The van der Waals surface area contributed by atoms with Crippen molar-refractivity contribution in [3.63, 3.8) is 0 Å². The Labute approximate surface area is 193 Å². The van der Waals surface area contributed by atoms with Gasteiger partial charge < -0.3 is 18.3 Å². The van der Waals surface area contributed by atoms with Crippen LogP contribution in [0.3, 0.4) is 0 Å². The van der Waals surface area contributed by atoms with Crippen molar-refractivity contribution in [1.29, 1.82) is 0 Å². The molecular formula is C24H19N3O5S. The van der Waals surface area contributed by atoms with Crippen LogP contribution < -0.4 is 9.47 Å². The summed E-state index contributed by atoms with van der Waals surface area (Å²) in [5, 5.41) is 6.60. The van der Waals surface area contributed by atoms with E-state index in [-0.39, 0.29) is 24.5 Å². The molecule has 0 saturated heterocycles. The first-order valence-electron chi connectivity index (χ1n) is 10.5. The number of hydrogen-bond acceptors (Lipinski definition) is 8. The van der Waals surface area contributed by atoms with E-state index in [1.54, 1.807) is 6.26 Å². The van der Waals surface area contributed by atoms with Crippen molar-refractivity contribution in [2.75, 3.05) is 12.5 Å². The highest BCUT2D eigenvalue weighted by molar-refractivity contribution is 7.99. The number of hydrazone groups is 1. The summed E-state index contributed by atoms with van der Waals surface area (Å²) >= 11 is 1.26. The summed E-state index contributed by atoms with van der Waals surface area (Å²) in [5.41, 5.74) is 4.22. The van der Waals surface area contributed by atoms with Gasteiger partial charge in [-0.1, -0.05) is 23.9 Å². The van der Waals surface area contributed by atoms with E-state index >= 15 is 0 Å². The van der Waals surface area contributed by atoms with E-state index in [1.165, 1.54) is 16.8 Å².